The minimum atomic E-state index is -0.365. The van der Waals surface area contributed by atoms with Crippen molar-refractivity contribution in [3.05, 3.63) is 77.7 Å². The van der Waals surface area contributed by atoms with Gasteiger partial charge in [-0.3, -0.25) is 9.79 Å². The fraction of sp³-hybridized carbons (Fsp3) is 0.303. The van der Waals surface area contributed by atoms with Crippen LogP contribution >= 0.6 is 0 Å². The van der Waals surface area contributed by atoms with Crippen LogP contribution in [0.4, 0.5) is 15.8 Å². The topological polar surface area (TPSA) is 103 Å². The zero-order valence-corrected chi connectivity index (χ0v) is 24.5. The second-order valence-electron chi connectivity index (χ2n) is 9.70. The van der Waals surface area contributed by atoms with Crippen molar-refractivity contribution in [3.8, 4) is 22.6 Å². The average Bonchev–Trinajstić information content (AvgIpc) is 3.03. The van der Waals surface area contributed by atoms with Gasteiger partial charge in [-0.05, 0) is 67.4 Å². The van der Waals surface area contributed by atoms with E-state index in [9.17, 15) is 9.18 Å². The minimum Gasteiger partial charge on any atom is -0.487 e. The third-order valence-corrected chi connectivity index (χ3v) is 6.74. The summed E-state index contributed by atoms with van der Waals surface area (Å²) in [5.74, 6) is 0.413. The van der Waals surface area contributed by atoms with Crippen molar-refractivity contribution in [3.63, 3.8) is 0 Å². The summed E-state index contributed by atoms with van der Waals surface area (Å²) >= 11 is 0. The molecule has 0 aliphatic carbocycles. The maximum atomic E-state index is 13.6. The molecule has 9 nitrogen and oxygen atoms in total. The number of halogens is 1. The summed E-state index contributed by atoms with van der Waals surface area (Å²) in [6, 6.07) is 17.1. The molecular formula is C33H37FN4O5. The maximum Gasteiger partial charge on any atom is 0.258 e. The van der Waals surface area contributed by atoms with Gasteiger partial charge in [0, 0.05) is 43.8 Å². The third kappa shape index (κ3) is 8.73. The molecule has 2 N–H and O–H groups in total. The van der Waals surface area contributed by atoms with Gasteiger partial charge >= 0.3 is 0 Å². The van der Waals surface area contributed by atoms with Crippen LogP contribution in [0.3, 0.4) is 0 Å². The molecule has 1 saturated heterocycles. The van der Waals surface area contributed by atoms with Crippen molar-refractivity contribution >= 4 is 35.9 Å². The first kappa shape index (κ1) is 31.4. The predicted octanol–water partition coefficient (Wildman–Crippen LogP) is 6.03. The quantitative estimate of drug-likeness (QED) is 0.103. The molecule has 0 saturated carbocycles. The van der Waals surface area contributed by atoms with Crippen molar-refractivity contribution in [2.45, 2.75) is 19.3 Å². The van der Waals surface area contributed by atoms with E-state index < -0.39 is 0 Å². The Balaban J connectivity index is 1.71. The van der Waals surface area contributed by atoms with Gasteiger partial charge in [0.2, 0.25) is 0 Å². The van der Waals surface area contributed by atoms with E-state index in [0.29, 0.717) is 54.9 Å². The van der Waals surface area contributed by atoms with Crippen molar-refractivity contribution < 1.29 is 28.1 Å². The number of nitrogens with one attached hydrogen (secondary N) is 2. The first-order valence-corrected chi connectivity index (χ1v) is 14.1. The van der Waals surface area contributed by atoms with Crippen molar-refractivity contribution in [2.75, 3.05) is 52.5 Å². The van der Waals surface area contributed by atoms with Crippen LogP contribution in [0.5, 0.6) is 11.5 Å². The standard InChI is InChI=1S/C33H37FN4O5/c1-35-22-37-29-21-31(43-19-17-41-3)30(42-18-16-40-2)20-27(29)23-7-9-24(10-8-23)32(28-6-4-5-15-36-28)33(39)38-26-13-11-25(34)12-14-26/h7-14,20-22,36H,1,4-6,15-19H2,2-3H3,(H,38,39)/b32-28-,37-22-. The van der Waals surface area contributed by atoms with E-state index in [1.807, 2.05) is 30.3 Å². The van der Waals surface area contributed by atoms with Gasteiger partial charge in [0.1, 0.15) is 25.4 Å². The SMILES string of the molecule is C=N/C=N\c1cc(OCCOC)c(OCCOC)cc1-c1ccc(/C(C(=O)Nc2ccc(F)cc2)=C2\CCCCN2)cc1. The van der Waals surface area contributed by atoms with Gasteiger partial charge in [-0.2, -0.15) is 0 Å². The number of anilines is 1. The number of allylic oxidation sites excluding steroid dienone is 1. The molecular weight excluding hydrogens is 551 g/mol. The Bertz CT molecular complexity index is 1430. The molecule has 0 unspecified atom stereocenters. The molecule has 226 valence electrons. The zero-order valence-electron chi connectivity index (χ0n) is 24.5. The molecule has 3 aromatic carbocycles. The van der Waals surface area contributed by atoms with Crippen LogP contribution in [0.25, 0.3) is 16.7 Å². The molecule has 0 atom stereocenters. The van der Waals surface area contributed by atoms with Gasteiger partial charge < -0.3 is 29.6 Å². The molecule has 1 aliphatic heterocycles. The predicted molar refractivity (Wildman–Crippen MR) is 168 cm³/mol. The molecule has 4 rings (SSSR count). The number of nitrogens with zero attached hydrogens (tertiary/aromatic N) is 2. The molecule has 0 bridgehead atoms. The smallest absolute Gasteiger partial charge is 0.258 e. The highest BCUT2D eigenvalue weighted by Crippen LogP contribution is 2.41. The van der Waals surface area contributed by atoms with Crippen LogP contribution in [0.1, 0.15) is 24.8 Å². The number of ether oxygens (including phenoxy) is 4. The Kier molecular flexibility index (Phi) is 11.8. The molecule has 0 spiro atoms. The van der Waals surface area contributed by atoms with Gasteiger partial charge in [-0.1, -0.05) is 24.3 Å². The Morgan fingerprint density at radius 1 is 0.953 bits per heavy atom. The Hall–Kier alpha value is -4.54. The highest BCUT2D eigenvalue weighted by Gasteiger charge is 2.21. The third-order valence-electron chi connectivity index (χ3n) is 6.74. The summed E-state index contributed by atoms with van der Waals surface area (Å²) in [5, 5.41) is 6.32. The summed E-state index contributed by atoms with van der Waals surface area (Å²) in [5.41, 5.74) is 4.93. The lowest BCUT2D eigenvalue weighted by molar-refractivity contribution is -0.111. The Morgan fingerprint density at radius 3 is 2.23 bits per heavy atom. The van der Waals surface area contributed by atoms with Crippen LogP contribution in [-0.2, 0) is 14.3 Å². The normalized spacial score (nSPS) is 14.2. The van der Waals surface area contributed by atoms with Crippen molar-refractivity contribution in [1.29, 1.82) is 0 Å². The molecule has 1 amide bonds. The van der Waals surface area contributed by atoms with Crippen LogP contribution in [0.2, 0.25) is 0 Å². The van der Waals surface area contributed by atoms with E-state index in [-0.39, 0.29) is 11.7 Å². The van der Waals surface area contributed by atoms with Crippen LogP contribution in [0, 0.1) is 5.82 Å². The fourth-order valence-corrected chi connectivity index (χ4v) is 4.64. The molecule has 1 heterocycles. The van der Waals surface area contributed by atoms with Crippen molar-refractivity contribution in [2.24, 2.45) is 9.98 Å². The van der Waals surface area contributed by atoms with Gasteiger partial charge in [0.05, 0.1) is 24.5 Å². The van der Waals surface area contributed by atoms with Gasteiger partial charge in [0.15, 0.2) is 11.5 Å². The lowest BCUT2D eigenvalue weighted by atomic mass is 9.95. The number of hydrogen-bond acceptors (Lipinski definition) is 7. The minimum absolute atomic E-state index is 0.266. The molecule has 1 fully saturated rings. The fourth-order valence-electron chi connectivity index (χ4n) is 4.64. The van der Waals surface area contributed by atoms with Gasteiger partial charge in [0.25, 0.3) is 5.91 Å². The summed E-state index contributed by atoms with van der Waals surface area (Å²) in [6.45, 7) is 5.78. The number of hydrogen-bond donors (Lipinski definition) is 2. The van der Waals surface area contributed by atoms with Crippen LogP contribution in [0.15, 0.2) is 76.3 Å². The summed E-state index contributed by atoms with van der Waals surface area (Å²) < 4.78 is 35.6. The van der Waals surface area contributed by atoms with Gasteiger partial charge in [-0.15, -0.1) is 0 Å². The monoisotopic (exact) mass is 588 g/mol. The number of carbonyl (C=O) groups is 1. The number of amides is 1. The number of carbonyl (C=O) groups excluding carboxylic acids is 1. The largest absolute Gasteiger partial charge is 0.487 e. The van der Waals surface area contributed by atoms with E-state index in [1.165, 1.54) is 18.5 Å². The molecule has 1 aliphatic rings. The first-order valence-electron chi connectivity index (χ1n) is 14.1. The lowest BCUT2D eigenvalue weighted by Gasteiger charge is -2.22. The first-order chi connectivity index (χ1) is 21.0. The van der Waals surface area contributed by atoms with E-state index in [0.717, 1.165) is 48.2 Å². The van der Waals surface area contributed by atoms with E-state index in [1.54, 1.807) is 32.4 Å². The number of piperidine rings is 1. The average molecular weight is 589 g/mol. The Morgan fingerprint density at radius 2 is 1.63 bits per heavy atom. The number of methoxy groups -OCH3 is 2. The van der Waals surface area contributed by atoms with Crippen molar-refractivity contribution in [1.82, 2.24) is 5.32 Å². The van der Waals surface area contributed by atoms with E-state index in [4.69, 9.17) is 18.9 Å². The molecule has 10 heteroatoms. The lowest BCUT2D eigenvalue weighted by Crippen LogP contribution is -2.25. The number of rotatable bonds is 14. The molecule has 0 aromatic heterocycles. The summed E-state index contributed by atoms with van der Waals surface area (Å²) in [6.07, 6.45) is 4.15. The van der Waals surface area contributed by atoms with Crippen LogP contribution in [-0.4, -0.2) is 66.2 Å². The summed E-state index contributed by atoms with van der Waals surface area (Å²) in [4.78, 5) is 21.8. The zero-order chi connectivity index (χ0) is 30.4. The summed E-state index contributed by atoms with van der Waals surface area (Å²) in [7, 11) is 3.22. The molecule has 43 heavy (non-hydrogen) atoms. The Labute approximate surface area is 251 Å². The van der Waals surface area contributed by atoms with E-state index >= 15 is 0 Å². The highest BCUT2D eigenvalue weighted by atomic mass is 19.1. The second kappa shape index (κ2) is 16.2. The highest BCUT2D eigenvalue weighted by molar-refractivity contribution is 6.26. The maximum absolute atomic E-state index is 13.6. The molecule has 3 aromatic rings. The van der Waals surface area contributed by atoms with E-state index in [2.05, 4.69) is 27.3 Å². The number of aliphatic imine (C=N–C) groups is 2. The van der Waals surface area contributed by atoms with Crippen LogP contribution < -0.4 is 20.1 Å². The van der Waals surface area contributed by atoms with Gasteiger partial charge in [-0.25, -0.2) is 9.38 Å². The second-order valence-corrected chi connectivity index (χ2v) is 9.70. The number of benzene rings is 3. The molecule has 0 radical (unpaired) electrons.